The zero-order chi connectivity index (χ0) is 15.4. The second-order valence-corrected chi connectivity index (χ2v) is 6.34. The van der Waals surface area contributed by atoms with E-state index in [0.717, 1.165) is 5.56 Å². The van der Waals surface area contributed by atoms with Gasteiger partial charge in [-0.1, -0.05) is 0 Å². The second kappa shape index (κ2) is 6.42. The lowest BCUT2D eigenvalue weighted by molar-refractivity contribution is 0.249. The highest BCUT2D eigenvalue weighted by molar-refractivity contribution is 7.12. The molecule has 1 aromatic carbocycles. The van der Waals surface area contributed by atoms with Crippen molar-refractivity contribution in [2.45, 2.75) is 26.8 Å². The minimum Gasteiger partial charge on any atom is -0.331 e. The number of hydrogen-bond donors (Lipinski definition) is 2. The number of nitrogens with zero attached hydrogens (tertiary/aromatic N) is 1. The second-order valence-electron chi connectivity index (χ2n) is 4.88. The van der Waals surface area contributed by atoms with Gasteiger partial charge in [-0.05, 0) is 56.7 Å². The molecule has 2 amide bonds. The summed E-state index contributed by atoms with van der Waals surface area (Å²) in [6.45, 7) is 6.08. The molecule has 0 fully saturated rings. The number of urea groups is 1. The Bertz CT molecular complexity index is 683. The lowest BCUT2D eigenvalue weighted by Gasteiger charge is -2.14. The molecule has 2 rings (SSSR count). The van der Waals surface area contributed by atoms with E-state index in [1.807, 2.05) is 13.0 Å². The number of carbonyl (C=O) groups excluding carboxylic acids is 1. The molecular weight excluding hydrogens is 282 g/mol. The Balaban J connectivity index is 1.98. The van der Waals surface area contributed by atoms with Crippen molar-refractivity contribution in [3.8, 4) is 6.07 Å². The summed E-state index contributed by atoms with van der Waals surface area (Å²) in [4.78, 5) is 14.4. The Morgan fingerprint density at radius 1 is 1.29 bits per heavy atom. The van der Waals surface area contributed by atoms with Crippen LogP contribution < -0.4 is 10.6 Å². The zero-order valence-electron chi connectivity index (χ0n) is 12.2. The Kier molecular flexibility index (Phi) is 4.61. The van der Waals surface area contributed by atoms with Gasteiger partial charge >= 0.3 is 6.03 Å². The molecule has 0 spiro atoms. The van der Waals surface area contributed by atoms with Crippen molar-refractivity contribution in [1.82, 2.24) is 5.32 Å². The number of aryl methyl sites for hydroxylation is 2. The Hall–Kier alpha value is -2.32. The van der Waals surface area contributed by atoms with E-state index in [0.29, 0.717) is 11.3 Å². The summed E-state index contributed by atoms with van der Waals surface area (Å²) in [7, 11) is 0. The Labute approximate surface area is 128 Å². The summed E-state index contributed by atoms with van der Waals surface area (Å²) in [5.74, 6) is 0. The van der Waals surface area contributed by atoms with Crippen molar-refractivity contribution >= 4 is 23.1 Å². The predicted molar refractivity (Wildman–Crippen MR) is 85.5 cm³/mol. The zero-order valence-corrected chi connectivity index (χ0v) is 13.0. The van der Waals surface area contributed by atoms with Crippen LogP contribution in [0.5, 0.6) is 0 Å². The van der Waals surface area contributed by atoms with Gasteiger partial charge in [-0.25, -0.2) is 4.79 Å². The minimum atomic E-state index is -0.254. The number of benzene rings is 1. The number of nitriles is 1. The van der Waals surface area contributed by atoms with E-state index in [2.05, 4.69) is 30.5 Å². The SMILES string of the molecule is Cc1cc([C@H](C)NC(=O)Nc2ccc(C#N)cc2)c(C)s1. The third kappa shape index (κ3) is 3.83. The van der Waals surface area contributed by atoms with Crippen molar-refractivity contribution in [2.75, 3.05) is 5.32 Å². The van der Waals surface area contributed by atoms with E-state index in [9.17, 15) is 4.79 Å². The van der Waals surface area contributed by atoms with E-state index >= 15 is 0 Å². The summed E-state index contributed by atoms with van der Waals surface area (Å²) in [5, 5.41) is 14.4. The van der Waals surface area contributed by atoms with Gasteiger partial charge in [0.25, 0.3) is 0 Å². The summed E-state index contributed by atoms with van der Waals surface area (Å²) in [5.41, 5.74) is 2.38. The van der Waals surface area contributed by atoms with Crippen LogP contribution in [0.1, 0.15) is 33.8 Å². The first-order valence-electron chi connectivity index (χ1n) is 6.64. The van der Waals surface area contributed by atoms with Crippen LogP contribution in [0.2, 0.25) is 0 Å². The van der Waals surface area contributed by atoms with Crippen molar-refractivity contribution in [2.24, 2.45) is 0 Å². The first kappa shape index (κ1) is 15.1. The molecule has 0 aliphatic rings. The number of nitrogens with one attached hydrogen (secondary N) is 2. The fraction of sp³-hybridized carbons (Fsp3) is 0.250. The van der Waals surface area contributed by atoms with Gasteiger partial charge in [-0.3, -0.25) is 0 Å². The van der Waals surface area contributed by atoms with Gasteiger partial charge in [0.05, 0.1) is 17.7 Å². The van der Waals surface area contributed by atoms with Crippen molar-refractivity contribution < 1.29 is 4.79 Å². The minimum absolute atomic E-state index is 0.0478. The molecule has 0 aliphatic carbocycles. The van der Waals surface area contributed by atoms with E-state index in [1.54, 1.807) is 35.6 Å². The van der Waals surface area contributed by atoms with Crippen molar-refractivity contribution in [3.63, 3.8) is 0 Å². The average molecular weight is 299 g/mol. The monoisotopic (exact) mass is 299 g/mol. The van der Waals surface area contributed by atoms with Crippen LogP contribution in [-0.4, -0.2) is 6.03 Å². The van der Waals surface area contributed by atoms with Gasteiger partial charge in [0.15, 0.2) is 0 Å². The topological polar surface area (TPSA) is 64.9 Å². The molecule has 5 heteroatoms. The first-order valence-corrected chi connectivity index (χ1v) is 7.46. The van der Waals surface area contributed by atoms with Crippen LogP contribution in [0.3, 0.4) is 0 Å². The molecule has 1 aromatic heterocycles. The number of thiophene rings is 1. The van der Waals surface area contributed by atoms with Gasteiger partial charge in [0, 0.05) is 15.4 Å². The van der Waals surface area contributed by atoms with Gasteiger partial charge in [0.1, 0.15) is 0 Å². The third-order valence-electron chi connectivity index (χ3n) is 3.17. The molecule has 0 aliphatic heterocycles. The highest BCUT2D eigenvalue weighted by Crippen LogP contribution is 2.26. The smallest absolute Gasteiger partial charge is 0.319 e. The fourth-order valence-corrected chi connectivity index (χ4v) is 3.17. The number of carbonyl (C=O) groups is 1. The molecular formula is C16H17N3OS. The van der Waals surface area contributed by atoms with Gasteiger partial charge in [0.2, 0.25) is 0 Å². The molecule has 0 radical (unpaired) electrons. The summed E-state index contributed by atoms with van der Waals surface area (Å²) < 4.78 is 0. The van der Waals surface area contributed by atoms with Crippen molar-refractivity contribution in [1.29, 1.82) is 5.26 Å². The molecule has 21 heavy (non-hydrogen) atoms. The number of hydrogen-bond acceptors (Lipinski definition) is 3. The molecule has 0 saturated carbocycles. The van der Waals surface area contributed by atoms with E-state index in [-0.39, 0.29) is 12.1 Å². The molecule has 2 aromatic rings. The molecule has 108 valence electrons. The van der Waals surface area contributed by atoms with Crippen LogP contribution >= 0.6 is 11.3 Å². The maximum atomic E-state index is 12.0. The van der Waals surface area contributed by atoms with Crippen LogP contribution in [0, 0.1) is 25.2 Å². The number of amides is 2. The molecule has 1 atom stereocenters. The average Bonchev–Trinajstić information content (AvgIpc) is 2.78. The third-order valence-corrected chi connectivity index (χ3v) is 4.15. The maximum absolute atomic E-state index is 12.0. The van der Waals surface area contributed by atoms with Gasteiger partial charge in [-0.15, -0.1) is 11.3 Å². The summed E-state index contributed by atoms with van der Waals surface area (Å²) >= 11 is 1.73. The Morgan fingerprint density at radius 3 is 2.48 bits per heavy atom. The number of rotatable bonds is 3. The summed E-state index contributed by atoms with van der Waals surface area (Å²) in [6, 6.07) is 10.6. The first-order chi connectivity index (χ1) is 9.99. The molecule has 0 saturated heterocycles. The largest absolute Gasteiger partial charge is 0.331 e. The lowest BCUT2D eigenvalue weighted by atomic mass is 10.1. The number of anilines is 1. The highest BCUT2D eigenvalue weighted by atomic mass is 32.1. The van der Waals surface area contributed by atoms with Crippen LogP contribution in [0.15, 0.2) is 30.3 Å². The molecule has 1 heterocycles. The summed E-state index contributed by atoms with van der Waals surface area (Å²) in [6.07, 6.45) is 0. The van der Waals surface area contributed by atoms with E-state index in [4.69, 9.17) is 5.26 Å². The quantitative estimate of drug-likeness (QED) is 0.895. The maximum Gasteiger partial charge on any atom is 0.319 e. The molecule has 2 N–H and O–H groups in total. The van der Waals surface area contributed by atoms with Crippen LogP contribution in [0.25, 0.3) is 0 Å². The standard InChI is InChI=1S/C16H17N3OS/c1-10-8-15(12(3)21-10)11(2)18-16(20)19-14-6-4-13(9-17)5-7-14/h4-8,11H,1-3H3,(H2,18,19,20)/t11-/m0/s1. The van der Waals surface area contributed by atoms with E-state index < -0.39 is 0 Å². The molecule has 4 nitrogen and oxygen atoms in total. The van der Waals surface area contributed by atoms with Gasteiger partial charge in [-0.2, -0.15) is 5.26 Å². The van der Waals surface area contributed by atoms with E-state index in [1.165, 1.54) is 9.75 Å². The van der Waals surface area contributed by atoms with Crippen LogP contribution in [0.4, 0.5) is 10.5 Å². The normalized spacial score (nSPS) is 11.5. The molecule has 0 bridgehead atoms. The Morgan fingerprint density at radius 2 is 1.95 bits per heavy atom. The van der Waals surface area contributed by atoms with Crippen LogP contribution in [-0.2, 0) is 0 Å². The van der Waals surface area contributed by atoms with Gasteiger partial charge < -0.3 is 10.6 Å². The predicted octanol–water partition coefficient (Wildman–Crippen LogP) is 4.12. The lowest BCUT2D eigenvalue weighted by Crippen LogP contribution is -2.31. The fourth-order valence-electron chi connectivity index (χ4n) is 2.15. The van der Waals surface area contributed by atoms with Crippen molar-refractivity contribution in [3.05, 3.63) is 51.2 Å². The highest BCUT2D eigenvalue weighted by Gasteiger charge is 2.13. The molecule has 0 unspecified atom stereocenters.